The third kappa shape index (κ3) is 4.98. The van der Waals surface area contributed by atoms with Crippen molar-refractivity contribution in [1.82, 2.24) is 0 Å². The van der Waals surface area contributed by atoms with Gasteiger partial charge in [0.2, 0.25) is 11.9 Å². The number of fused-ring (bicyclic) bond motifs is 1. The summed E-state index contributed by atoms with van der Waals surface area (Å²) in [5.41, 5.74) is 1.60. The largest absolute Gasteiger partial charge is 0.496 e. The van der Waals surface area contributed by atoms with Gasteiger partial charge in [0.25, 0.3) is 0 Å². The van der Waals surface area contributed by atoms with E-state index in [1.807, 2.05) is 18.2 Å². The molecule has 1 aliphatic heterocycles. The Balaban J connectivity index is 1.63. The van der Waals surface area contributed by atoms with Crippen molar-refractivity contribution < 1.29 is 38.0 Å². The summed E-state index contributed by atoms with van der Waals surface area (Å²) in [5, 5.41) is 0. The maximum atomic E-state index is 13.0. The van der Waals surface area contributed by atoms with Gasteiger partial charge in [0, 0.05) is 23.3 Å². The Morgan fingerprint density at radius 3 is 2.28 bits per heavy atom. The molecule has 0 N–H and O–H groups in total. The molecule has 1 atom stereocenters. The van der Waals surface area contributed by atoms with E-state index in [1.54, 1.807) is 55.5 Å². The number of carbonyl (C=O) groups excluding carboxylic acids is 2. The summed E-state index contributed by atoms with van der Waals surface area (Å²) in [4.78, 5) is 25.6. The van der Waals surface area contributed by atoms with Crippen molar-refractivity contribution in [3.63, 3.8) is 0 Å². The summed E-state index contributed by atoms with van der Waals surface area (Å²) in [5.74, 6) is 1.44. The number of hydrogen-bond donors (Lipinski definition) is 0. The number of benzene rings is 3. The first-order valence-corrected chi connectivity index (χ1v) is 11.3. The van der Waals surface area contributed by atoms with Crippen LogP contribution < -0.4 is 23.7 Å². The number of esters is 1. The minimum atomic E-state index is -0.965. The van der Waals surface area contributed by atoms with Crippen LogP contribution in [0.1, 0.15) is 34.5 Å². The van der Waals surface area contributed by atoms with Crippen LogP contribution in [0, 0.1) is 0 Å². The second kappa shape index (κ2) is 10.9. The van der Waals surface area contributed by atoms with Crippen molar-refractivity contribution in [2.75, 3.05) is 27.9 Å². The van der Waals surface area contributed by atoms with E-state index >= 15 is 0 Å². The second-order valence-corrected chi connectivity index (χ2v) is 7.71. The Kier molecular flexibility index (Phi) is 7.44. The zero-order chi connectivity index (χ0) is 25.7. The van der Waals surface area contributed by atoms with Crippen LogP contribution in [0.25, 0.3) is 6.08 Å². The molecule has 0 radical (unpaired) electrons. The normalized spacial score (nSPS) is 14.0. The molecule has 36 heavy (non-hydrogen) atoms. The first-order chi connectivity index (χ1) is 17.5. The van der Waals surface area contributed by atoms with Crippen LogP contribution in [0.5, 0.6) is 28.7 Å². The summed E-state index contributed by atoms with van der Waals surface area (Å²) in [6.45, 7) is 1.96. The third-order valence-corrected chi connectivity index (χ3v) is 5.52. The molecule has 0 fully saturated rings. The SMILES string of the molecule is CCOC(=O)[C@H](Oc1ccc2c(c1)O/C(=C\c1cc(OC)c(OC)cc1OC)C2=O)c1ccccc1. The fourth-order valence-corrected chi connectivity index (χ4v) is 3.78. The Morgan fingerprint density at radius 1 is 0.917 bits per heavy atom. The van der Waals surface area contributed by atoms with Crippen molar-refractivity contribution in [3.8, 4) is 28.7 Å². The first-order valence-electron chi connectivity index (χ1n) is 11.3. The molecule has 0 aromatic heterocycles. The molecule has 4 rings (SSSR count). The minimum Gasteiger partial charge on any atom is -0.496 e. The Labute approximate surface area is 209 Å². The number of ketones is 1. The molecule has 3 aromatic carbocycles. The lowest BCUT2D eigenvalue weighted by Gasteiger charge is -2.18. The number of carbonyl (C=O) groups is 2. The van der Waals surface area contributed by atoms with Crippen LogP contribution in [-0.2, 0) is 9.53 Å². The van der Waals surface area contributed by atoms with E-state index in [1.165, 1.54) is 21.3 Å². The van der Waals surface area contributed by atoms with Gasteiger partial charge in [0.05, 0.1) is 33.5 Å². The number of rotatable bonds is 9. The zero-order valence-electron chi connectivity index (χ0n) is 20.4. The van der Waals surface area contributed by atoms with Crippen molar-refractivity contribution in [3.05, 3.63) is 83.1 Å². The molecule has 8 nitrogen and oxygen atoms in total. The highest BCUT2D eigenvalue weighted by Gasteiger charge is 2.30. The van der Waals surface area contributed by atoms with Gasteiger partial charge in [-0.2, -0.15) is 0 Å². The highest BCUT2D eigenvalue weighted by Crippen LogP contribution is 2.39. The van der Waals surface area contributed by atoms with E-state index in [2.05, 4.69) is 0 Å². The molecule has 0 saturated carbocycles. The highest BCUT2D eigenvalue weighted by molar-refractivity contribution is 6.14. The fourth-order valence-electron chi connectivity index (χ4n) is 3.78. The number of allylic oxidation sites excluding steroid dienone is 1. The van der Waals surface area contributed by atoms with Crippen LogP contribution in [-0.4, -0.2) is 39.7 Å². The van der Waals surface area contributed by atoms with E-state index in [-0.39, 0.29) is 18.1 Å². The lowest BCUT2D eigenvalue weighted by molar-refractivity contribution is -0.151. The summed E-state index contributed by atoms with van der Waals surface area (Å²) in [6, 6.07) is 17.2. The maximum Gasteiger partial charge on any atom is 0.352 e. The molecule has 8 heteroatoms. The topological polar surface area (TPSA) is 89.5 Å². The van der Waals surface area contributed by atoms with Gasteiger partial charge in [-0.05, 0) is 31.2 Å². The standard InChI is InChI=1S/C28H26O8/c1-5-34-28(30)27(17-9-7-6-8-10-17)35-19-11-12-20-22(15-19)36-25(26(20)29)14-18-13-23(32-3)24(33-4)16-21(18)31-2/h6-16,27H,5H2,1-4H3/b25-14-/t27-/m1/s1. The van der Waals surface area contributed by atoms with Crippen LogP contribution in [0.3, 0.4) is 0 Å². The number of hydrogen-bond acceptors (Lipinski definition) is 8. The molecule has 0 bridgehead atoms. The van der Waals surface area contributed by atoms with E-state index < -0.39 is 12.1 Å². The second-order valence-electron chi connectivity index (χ2n) is 7.71. The number of methoxy groups -OCH3 is 3. The molecule has 0 unspecified atom stereocenters. The predicted octanol–water partition coefficient (Wildman–Crippen LogP) is 5.01. The highest BCUT2D eigenvalue weighted by atomic mass is 16.6. The third-order valence-electron chi connectivity index (χ3n) is 5.52. The van der Waals surface area contributed by atoms with Crippen molar-refractivity contribution >= 4 is 17.8 Å². The molecule has 1 heterocycles. The maximum absolute atomic E-state index is 13.0. The van der Waals surface area contributed by atoms with Crippen LogP contribution in [0.2, 0.25) is 0 Å². The van der Waals surface area contributed by atoms with Gasteiger partial charge in [-0.15, -0.1) is 0 Å². The molecule has 0 amide bonds. The van der Waals surface area contributed by atoms with Crippen molar-refractivity contribution in [2.45, 2.75) is 13.0 Å². The molecule has 1 aliphatic rings. The Morgan fingerprint density at radius 2 is 1.61 bits per heavy atom. The summed E-state index contributed by atoms with van der Waals surface area (Å²) in [7, 11) is 4.57. The lowest BCUT2D eigenvalue weighted by Crippen LogP contribution is -2.21. The number of Topliss-reactive ketones (excluding diaryl/α,β-unsaturated/α-hetero) is 1. The minimum absolute atomic E-state index is 0.109. The lowest BCUT2D eigenvalue weighted by atomic mass is 10.1. The predicted molar refractivity (Wildman–Crippen MR) is 132 cm³/mol. The Hall–Kier alpha value is -4.46. The van der Waals surface area contributed by atoms with Crippen LogP contribution >= 0.6 is 0 Å². The summed E-state index contributed by atoms with van der Waals surface area (Å²) < 4.78 is 33.2. The Bertz CT molecular complexity index is 1300. The van der Waals surface area contributed by atoms with Gasteiger partial charge < -0.3 is 28.4 Å². The molecule has 3 aromatic rings. The zero-order valence-corrected chi connectivity index (χ0v) is 20.4. The number of ether oxygens (including phenoxy) is 6. The molecule has 186 valence electrons. The van der Waals surface area contributed by atoms with Gasteiger partial charge in [-0.3, -0.25) is 4.79 Å². The monoisotopic (exact) mass is 490 g/mol. The van der Waals surface area contributed by atoms with Crippen LogP contribution in [0.4, 0.5) is 0 Å². The van der Waals surface area contributed by atoms with E-state index in [9.17, 15) is 9.59 Å². The average Bonchev–Trinajstić information content (AvgIpc) is 3.21. The molecule has 0 aliphatic carbocycles. The quantitative estimate of drug-likeness (QED) is 0.305. The van der Waals surface area contributed by atoms with Crippen molar-refractivity contribution in [2.24, 2.45) is 0 Å². The van der Waals surface area contributed by atoms with Gasteiger partial charge in [-0.25, -0.2) is 4.79 Å². The molecule has 0 saturated heterocycles. The summed E-state index contributed by atoms with van der Waals surface area (Å²) >= 11 is 0. The molecular weight excluding hydrogens is 464 g/mol. The smallest absolute Gasteiger partial charge is 0.352 e. The molecular formula is C28H26O8. The average molecular weight is 491 g/mol. The summed E-state index contributed by atoms with van der Waals surface area (Å²) in [6.07, 6.45) is 0.613. The van der Waals surface area contributed by atoms with E-state index in [0.717, 1.165) is 0 Å². The van der Waals surface area contributed by atoms with Crippen LogP contribution in [0.15, 0.2) is 66.4 Å². The first kappa shape index (κ1) is 24.7. The van der Waals surface area contributed by atoms with Gasteiger partial charge in [-0.1, -0.05) is 30.3 Å². The molecule has 0 spiro atoms. The fraction of sp³-hybridized carbons (Fsp3) is 0.214. The van der Waals surface area contributed by atoms with E-state index in [4.69, 9.17) is 28.4 Å². The van der Waals surface area contributed by atoms with E-state index in [0.29, 0.717) is 45.4 Å². The van der Waals surface area contributed by atoms with Crippen molar-refractivity contribution in [1.29, 1.82) is 0 Å². The van der Waals surface area contributed by atoms with Gasteiger partial charge in [0.15, 0.2) is 17.3 Å². The van der Waals surface area contributed by atoms with Gasteiger partial charge >= 0.3 is 5.97 Å². The van der Waals surface area contributed by atoms with Gasteiger partial charge in [0.1, 0.15) is 17.2 Å².